The predicted octanol–water partition coefficient (Wildman–Crippen LogP) is 3.09. The number of carbonyl (C=O) groups excluding carboxylic acids is 1. The number of halogens is 2. The van der Waals surface area contributed by atoms with Crippen LogP contribution in [0.1, 0.15) is 26.3 Å². The number of benzene rings is 1. The molecule has 1 aromatic rings. The van der Waals surface area contributed by atoms with Gasteiger partial charge in [-0.05, 0) is 44.2 Å². The molecule has 1 aromatic carbocycles. The van der Waals surface area contributed by atoms with Crippen LogP contribution in [0, 0.1) is 5.82 Å². The molecule has 0 aliphatic rings. The maximum absolute atomic E-state index is 13.2. The van der Waals surface area contributed by atoms with Crippen LogP contribution in [0.4, 0.5) is 4.39 Å². The van der Waals surface area contributed by atoms with Crippen molar-refractivity contribution in [3.63, 3.8) is 0 Å². The van der Waals surface area contributed by atoms with Gasteiger partial charge in [-0.15, -0.1) is 0 Å². The van der Waals surface area contributed by atoms with E-state index in [1.807, 2.05) is 20.8 Å². The van der Waals surface area contributed by atoms with E-state index in [2.05, 4.69) is 21.2 Å². The lowest BCUT2D eigenvalue weighted by atomic mass is 9.93. The highest BCUT2D eigenvalue weighted by molar-refractivity contribution is 9.10. The molecule has 0 amide bonds. The average molecular weight is 302 g/mol. The van der Waals surface area contributed by atoms with Crippen molar-refractivity contribution < 1.29 is 9.18 Å². The molecule has 4 heteroatoms. The Morgan fingerprint density at radius 3 is 2.59 bits per heavy atom. The fourth-order valence-electron chi connectivity index (χ4n) is 1.66. The van der Waals surface area contributed by atoms with Crippen molar-refractivity contribution >= 4 is 21.7 Å². The molecular weight excluding hydrogens is 285 g/mol. The van der Waals surface area contributed by atoms with Crippen LogP contribution in [-0.2, 0) is 11.2 Å². The van der Waals surface area contributed by atoms with Crippen molar-refractivity contribution in [2.75, 3.05) is 6.54 Å². The van der Waals surface area contributed by atoms with Gasteiger partial charge in [0.1, 0.15) is 5.82 Å². The summed E-state index contributed by atoms with van der Waals surface area (Å²) in [6, 6.07) is 4.54. The summed E-state index contributed by atoms with van der Waals surface area (Å²) in [6.45, 7) is 6.36. The van der Waals surface area contributed by atoms with E-state index in [0.29, 0.717) is 10.0 Å². The van der Waals surface area contributed by atoms with Crippen molar-refractivity contribution in [3.05, 3.63) is 34.1 Å². The quantitative estimate of drug-likeness (QED) is 0.905. The SMILES string of the molecule is CCNC(C)(C)C(=O)Cc1cc(F)cc(Br)c1. The zero-order valence-electron chi connectivity index (χ0n) is 10.3. The van der Waals surface area contributed by atoms with E-state index in [1.54, 1.807) is 6.07 Å². The maximum Gasteiger partial charge on any atom is 0.156 e. The zero-order valence-corrected chi connectivity index (χ0v) is 11.9. The predicted molar refractivity (Wildman–Crippen MR) is 70.6 cm³/mol. The van der Waals surface area contributed by atoms with Gasteiger partial charge in [-0.1, -0.05) is 22.9 Å². The van der Waals surface area contributed by atoms with Gasteiger partial charge in [0.25, 0.3) is 0 Å². The van der Waals surface area contributed by atoms with Gasteiger partial charge in [0, 0.05) is 10.9 Å². The summed E-state index contributed by atoms with van der Waals surface area (Å²) in [4.78, 5) is 12.0. The fourth-order valence-corrected chi connectivity index (χ4v) is 2.17. The Kier molecular flexibility index (Phi) is 4.83. The lowest BCUT2D eigenvalue weighted by Crippen LogP contribution is -2.47. The van der Waals surface area contributed by atoms with E-state index in [4.69, 9.17) is 0 Å². The molecule has 0 saturated heterocycles. The van der Waals surface area contributed by atoms with Crippen molar-refractivity contribution in [2.45, 2.75) is 32.7 Å². The van der Waals surface area contributed by atoms with Gasteiger partial charge in [0.05, 0.1) is 5.54 Å². The topological polar surface area (TPSA) is 29.1 Å². The number of ketones is 1. The van der Waals surface area contributed by atoms with Crippen LogP contribution in [0.3, 0.4) is 0 Å². The lowest BCUT2D eigenvalue weighted by Gasteiger charge is -2.24. The first-order valence-electron chi connectivity index (χ1n) is 5.58. The molecule has 2 nitrogen and oxygen atoms in total. The van der Waals surface area contributed by atoms with Crippen molar-refractivity contribution in [3.8, 4) is 0 Å². The van der Waals surface area contributed by atoms with Crippen LogP contribution in [0.15, 0.2) is 22.7 Å². The van der Waals surface area contributed by atoms with Gasteiger partial charge in [-0.2, -0.15) is 0 Å². The summed E-state index contributed by atoms with van der Waals surface area (Å²) in [5.41, 5.74) is 0.112. The van der Waals surface area contributed by atoms with Gasteiger partial charge in [0.2, 0.25) is 0 Å². The Morgan fingerprint density at radius 2 is 2.06 bits per heavy atom. The normalized spacial score (nSPS) is 11.6. The first-order valence-corrected chi connectivity index (χ1v) is 6.37. The average Bonchev–Trinajstić information content (AvgIpc) is 2.15. The molecule has 0 unspecified atom stereocenters. The van der Waals surface area contributed by atoms with Crippen LogP contribution >= 0.6 is 15.9 Å². The number of rotatable bonds is 5. The Balaban J connectivity index is 2.80. The van der Waals surface area contributed by atoms with Crippen molar-refractivity contribution in [1.82, 2.24) is 5.32 Å². The fraction of sp³-hybridized carbons (Fsp3) is 0.462. The number of nitrogens with one attached hydrogen (secondary N) is 1. The smallest absolute Gasteiger partial charge is 0.156 e. The van der Waals surface area contributed by atoms with E-state index in [9.17, 15) is 9.18 Å². The first kappa shape index (κ1) is 14.3. The molecule has 17 heavy (non-hydrogen) atoms. The molecule has 1 rings (SSSR count). The van der Waals surface area contributed by atoms with Gasteiger partial charge in [0.15, 0.2) is 5.78 Å². The van der Waals surface area contributed by atoms with E-state index in [1.165, 1.54) is 12.1 Å². The number of likely N-dealkylation sites (N-methyl/N-ethyl adjacent to an activating group) is 1. The third-order valence-electron chi connectivity index (χ3n) is 2.60. The Bertz CT molecular complexity index is 398. The molecular formula is C13H17BrFNO. The van der Waals surface area contributed by atoms with E-state index < -0.39 is 5.54 Å². The van der Waals surface area contributed by atoms with Crippen LogP contribution in [0.2, 0.25) is 0 Å². The highest BCUT2D eigenvalue weighted by Crippen LogP contribution is 2.17. The summed E-state index contributed by atoms with van der Waals surface area (Å²) < 4.78 is 13.8. The van der Waals surface area contributed by atoms with E-state index >= 15 is 0 Å². The molecule has 0 bridgehead atoms. The summed E-state index contributed by atoms with van der Waals surface area (Å²) >= 11 is 3.22. The zero-order chi connectivity index (χ0) is 13.1. The van der Waals surface area contributed by atoms with Crippen molar-refractivity contribution in [1.29, 1.82) is 0 Å². The number of hydrogen-bond acceptors (Lipinski definition) is 2. The first-order chi connectivity index (χ1) is 7.85. The third kappa shape index (κ3) is 4.21. The molecule has 0 radical (unpaired) electrons. The minimum Gasteiger partial charge on any atom is -0.306 e. The maximum atomic E-state index is 13.2. The van der Waals surface area contributed by atoms with Crippen LogP contribution < -0.4 is 5.32 Å². The molecule has 0 atom stereocenters. The van der Waals surface area contributed by atoms with Gasteiger partial charge in [-0.25, -0.2) is 4.39 Å². The second kappa shape index (κ2) is 5.74. The molecule has 0 fully saturated rings. The number of carbonyl (C=O) groups is 1. The minimum atomic E-state index is -0.576. The largest absolute Gasteiger partial charge is 0.306 e. The van der Waals surface area contributed by atoms with E-state index in [-0.39, 0.29) is 18.0 Å². The molecule has 0 heterocycles. The van der Waals surface area contributed by atoms with Gasteiger partial charge < -0.3 is 5.32 Å². The second-order valence-corrected chi connectivity index (χ2v) is 5.45. The second-order valence-electron chi connectivity index (χ2n) is 4.53. The Labute approximate surface area is 110 Å². The van der Waals surface area contributed by atoms with E-state index in [0.717, 1.165) is 6.54 Å². The lowest BCUT2D eigenvalue weighted by molar-refractivity contribution is -0.123. The Morgan fingerprint density at radius 1 is 1.41 bits per heavy atom. The molecule has 0 aliphatic heterocycles. The molecule has 0 spiro atoms. The summed E-state index contributed by atoms with van der Waals surface area (Å²) in [5, 5.41) is 3.12. The molecule has 1 N–H and O–H groups in total. The molecule has 0 aliphatic carbocycles. The van der Waals surface area contributed by atoms with Crippen molar-refractivity contribution in [2.24, 2.45) is 0 Å². The molecule has 94 valence electrons. The number of Topliss-reactive ketones (excluding diaryl/α,β-unsaturated/α-hetero) is 1. The summed E-state index contributed by atoms with van der Waals surface area (Å²) in [7, 11) is 0. The highest BCUT2D eigenvalue weighted by atomic mass is 79.9. The van der Waals surface area contributed by atoms with Gasteiger partial charge in [-0.3, -0.25) is 4.79 Å². The summed E-state index contributed by atoms with van der Waals surface area (Å²) in [6.07, 6.45) is 0.232. The van der Waals surface area contributed by atoms with Crippen LogP contribution in [-0.4, -0.2) is 17.9 Å². The monoisotopic (exact) mass is 301 g/mol. The van der Waals surface area contributed by atoms with Gasteiger partial charge >= 0.3 is 0 Å². The van der Waals surface area contributed by atoms with Crippen LogP contribution in [0.25, 0.3) is 0 Å². The van der Waals surface area contributed by atoms with Crippen LogP contribution in [0.5, 0.6) is 0 Å². The Hall–Kier alpha value is -0.740. The highest BCUT2D eigenvalue weighted by Gasteiger charge is 2.25. The minimum absolute atomic E-state index is 0.0526. The molecule has 0 saturated carbocycles. The standard InChI is InChI=1S/C13H17BrFNO/c1-4-16-13(2,3)12(17)7-9-5-10(14)8-11(15)6-9/h5-6,8,16H,4,7H2,1-3H3. The number of hydrogen-bond donors (Lipinski definition) is 1. The molecule has 0 aromatic heterocycles. The third-order valence-corrected chi connectivity index (χ3v) is 3.06. The summed E-state index contributed by atoms with van der Waals surface area (Å²) in [5.74, 6) is -0.278.